The number of nitrogens with zero attached hydrogens (tertiary/aromatic N) is 1. The van der Waals surface area contributed by atoms with E-state index in [2.05, 4.69) is 13.8 Å². The molecule has 0 aliphatic rings. The minimum absolute atomic E-state index is 0.0847. The number of aliphatic carboxylic acids is 1. The van der Waals surface area contributed by atoms with Gasteiger partial charge in [-0.15, -0.1) is 0 Å². The Morgan fingerprint density at radius 1 is 1.20 bits per heavy atom. The van der Waals surface area contributed by atoms with E-state index in [9.17, 15) is 9.59 Å². The minimum atomic E-state index is -0.819. The summed E-state index contributed by atoms with van der Waals surface area (Å²) in [4.78, 5) is 24.6. The summed E-state index contributed by atoms with van der Waals surface area (Å²) in [5.41, 5.74) is 5.74. The largest absolute Gasteiger partial charge is 0.481 e. The Hall–Kier alpha value is -1.10. The van der Waals surface area contributed by atoms with Gasteiger partial charge >= 0.3 is 5.97 Å². The van der Waals surface area contributed by atoms with Crippen LogP contribution in [0, 0.1) is 11.8 Å². The van der Waals surface area contributed by atoms with Crippen molar-refractivity contribution in [3.8, 4) is 0 Å². The molecule has 0 aliphatic heterocycles. The smallest absolute Gasteiger partial charge is 0.303 e. The average Bonchev–Trinajstić information content (AvgIpc) is 2.32. The summed E-state index contributed by atoms with van der Waals surface area (Å²) >= 11 is 0. The normalized spacial score (nSPS) is 12.8. The number of hydrogen-bond acceptors (Lipinski definition) is 3. The summed E-state index contributed by atoms with van der Waals surface area (Å²) in [5, 5.41) is 8.67. The molecule has 0 heterocycles. The van der Waals surface area contributed by atoms with Crippen molar-refractivity contribution in [1.82, 2.24) is 4.90 Å². The predicted molar refractivity (Wildman–Crippen MR) is 80.3 cm³/mol. The van der Waals surface area contributed by atoms with Crippen LogP contribution in [0.15, 0.2) is 0 Å². The number of nitrogens with two attached hydrogens (primary N) is 1. The fourth-order valence-electron chi connectivity index (χ4n) is 2.37. The van der Waals surface area contributed by atoms with Crippen LogP contribution in [-0.4, -0.2) is 41.0 Å². The highest BCUT2D eigenvalue weighted by Crippen LogP contribution is 2.17. The summed E-state index contributed by atoms with van der Waals surface area (Å²) in [6, 6.07) is 0.0915. The quantitative estimate of drug-likeness (QED) is 0.644. The van der Waals surface area contributed by atoms with Gasteiger partial charge in [-0.2, -0.15) is 0 Å². The Balaban J connectivity index is 4.43. The van der Waals surface area contributed by atoms with Gasteiger partial charge in [0.25, 0.3) is 0 Å². The first-order chi connectivity index (χ1) is 9.27. The van der Waals surface area contributed by atoms with Crippen molar-refractivity contribution in [1.29, 1.82) is 0 Å². The third kappa shape index (κ3) is 8.15. The van der Waals surface area contributed by atoms with Crippen molar-refractivity contribution in [2.75, 3.05) is 13.1 Å². The van der Waals surface area contributed by atoms with Crippen molar-refractivity contribution >= 4 is 11.9 Å². The van der Waals surface area contributed by atoms with E-state index in [1.54, 1.807) is 4.90 Å². The number of hydrogen-bond donors (Lipinski definition) is 2. The molecule has 0 aromatic carbocycles. The predicted octanol–water partition coefficient (Wildman–Crippen LogP) is 2.10. The van der Waals surface area contributed by atoms with Crippen LogP contribution in [0.2, 0.25) is 0 Å². The number of carbonyl (C=O) groups is 2. The van der Waals surface area contributed by atoms with Crippen LogP contribution < -0.4 is 5.73 Å². The molecule has 0 saturated carbocycles. The Morgan fingerprint density at radius 3 is 2.20 bits per heavy atom. The van der Waals surface area contributed by atoms with Crippen LogP contribution in [0.4, 0.5) is 0 Å². The van der Waals surface area contributed by atoms with E-state index >= 15 is 0 Å². The molecule has 0 radical (unpaired) electrons. The zero-order valence-corrected chi connectivity index (χ0v) is 13.3. The molecule has 0 unspecified atom stereocenters. The van der Waals surface area contributed by atoms with Gasteiger partial charge in [0.15, 0.2) is 0 Å². The second kappa shape index (κ2) is 9.75. The van der Waals surface area contributed by atoms with Gasteiger partial charge in [-0.05, 0) is 45.1 Å². The van der Waals surface area contributed by atoms with Crippen LogP contribution in [0.1, 0.15) is 53.4 Å². The molecule has 3 N–H and O–H groups in total. The summed E-state index contributed by atoms with van der Waals surface area (Å²) < 4.78 is 0. The SMILES string of the molecule is CC(C)C[C@H](CN)CC(=O)N(CCCC(=O)O)C(C)C. The average molecular weight is 286 g/mol. The fraction of sp³-hybridized carbons (Fsp3) is 0.867. The maximum absolute atomic E-state index is 12.3. The molecule has 0 rings (SSSR count). The van der Waals surface area contributed by atoms with E-state index in [0.29, 0.717) is 31.8 Å². The van der Waals surface area contributed by atoms with Crippen LogP contribution >= 0.6 is 0 Å². The third-order valence-electron chi connectivity index (χ3n) is 3.33. The van der Waals surface area contributed by atoms with Crippen molar-refractivity contribution in [2.24, 2.45) is 17.6 Å². The second-order valence-electron chi connectivity index (χ2n) is 6.11. The first-order valence-electron chi connectivity index (χ1n) is 7.49. The molecule has 5 nitrogen and oxygen atoms in total. The molecule has 118 valence electrons. The summed E-state index contributed by atoms with van der Waals surface area (Å²) in [7, 11) is 0. The van der Waals surface area contributed by atoms with Crippen LogP contribution in [0.5, 0.6) is 0 Å². The minimum Gasteiger partial charge on any atom is -0.481 e. The van der Waals surface area contributed by atoms with Crippen LogP contribution in [0.25, 0.3) is 0 Å². The van der Waals surface area contributed by atoms with Gasteiger partial charge in [0.1, 0.15) is 0 Å². The first kappa shape index (κ1) is 18.9. The Labute approximate surface area is 122 Å². The molecule has 1 amide bonds. The van der Waals surface area contributed by atoms with Crippen molar-refractivity contribution in [2.45, 2.75) is 59.4 Å². The van der Waals surface area contributed by atoms with Crippen molar-refractivity contribution in [3.05, 3.63) is 0 Å². The molecule has 0 saturated heterocycles. The Morgan fingerprint density at radius 2 is 1.80 bits per heavy atom. The number of rotatable bonds is 10. The van der Waals surface area contributed by atoms with Gasteiger partial charge in [-0.1, -0.05) is 13.8 Å². The van der Waals surface area contributed by atoms with Gasteiger partial charge in [-0.25, -0.2) is 0 Å². The first-order valence-corrected chi connectivity index (χ1v) is 7.49. The van der Waals surface area contributed by atoms with Crippen molar-refractivity contribution in [3.63, 3.8) is 0 Å². The van der Waals surface area contributed by atoms with E-state index in [0.717, 1.165) is 6.42 Å². The lowest BCUT2D eigenvalue weighted by atomic mass is 9.93. The molecule has 1 atom stereocenters. The summed E-state index contributed by atoms with van der Waals surface area (Å²) in [6.45, 7) is 9.18. The molecular weight excluding hydrogens is 256 g/mol. The third-order valence-corrected chi connectivity index (χ3v) is 3.33. The van der Waals surface area contributed by atoms with Gasteiger partial charge < -0.3 is 15.7 Å². The number of carbonyl (C=O) groups excluding carboxylic acids is 1. The highest BCUT2D eigenvalue weighted by molar-refractivity contribution is 5.76. The molecule has 0 aromatic heterocycles. The highest BCUT2D eigenvalue weighted by Gasteiger charge is 2.21. The Kier molecular flexibility index (Phi) is 9.21. The lowest BCUT2D eigenvalue weighted by Gasteiger charge is -2.28. The van der Waals surface area contributed by atoms with E-state index in [1.807, 2.05) is 13.8 Å². The maximum Gasteiger partial charge on any atom is 0.303 e. The van der Waals surface area contributed by atoms with Gasteiger partial charge in [-0.3, -0.25) is 9.59 Å². The van der Waals surface area contributed by atoms with Gasteiger partial charge in [0.05, 0.1) is 0 Å². The molecule has 5 heteroatoms. The number of amides is 1. The van der Waals surface area contributed by atoms with Gasteiger partial charge in [0.2, 0.25) is 5.91 Å². The highest BCUT2D eigenvalue weighted by atomic mass is 16.4. The summed E-state index contributed by atoms with van der Waals surface area (Å²) in [6.07, 6.45) is 2.00. The monoisotopic (exact) mass is 286 g/mol. The molecular formula is C15H30N2O3. The topological polar surface area (TPSA) is 83.6 Å². The van der Waals surface area contributed by atoms with E-state index in [-0.39, 0.29) is 24.3 Å². The fourth-order valence-corrected chi connectivity index (χ4v) is 2.37. The number of carboxylic acids is 1. The second-order valence-corrected chi connectivity index (χ2v) is 6.11. The van der Waals surface area contributed by atoms with Gasteiger partial charge in [0, 0.05) is 25.4 Å². The molecule has 20 heavy (non-hydrogen) atoms. The van der Waals surface area contributed by atoms with Crippen LogP contribution in [0.3, 0.4) is 0 Å². The molecule has 0 fully saturated rings. The lowest BCUT2D eigenvalue weighted by Crippen LogP contribution is -2.39. The zero-order chi connectivity index (χ0) is 15.7. The number of carboxylic acid groups (broad SMARTS) is 1. The van der Waals surface area contributed by atoms with E-state index in [1.165, 1.54) is 0 Å². The summed E-state index contributed by atoms with van der Waals surface area (Å²) in [5.74, 6) is 0.00127. The Bertz CT molecular complexity index is 303. The van der Waals surface area contributed by atoms with Crippen molar-refractivity contribution < 1.29 is 14.7 Å². The molecule has 0 bridgehead atoms. The molecule has 0 spiro atoms. The lowest BCUT2D eigenvalue weighted by molar-refractivity contribution is -0.139. The van der Waals surface area contributed by atoms with E-state index < -0.39 is 5.97 Å². The standard InChI is InChI=1S/C15H30N2O3/c1-11(2)8-13(10-16)9-14(18)17(12(3)4)7-5-6-15(19)20/h11-13H,5-10,16H2,1-4H3,(H,19,20)/t13-/m0/s1. The molecule has 0 aliphatic carbocycles. The zero-order valence-electron chi connectivity index (χ0n) is 13.3. The maximum atomic E-state index is 12.3. The van der Waals surface area contributed by atoms with Crippen LogP contribution in [-0.2, 0) is 9.59 Å². The molecule has 0 aromatic rings. The van der Waals surface area contributed by atoms with E-state index in [4.69, 9.17) is 10.8 Å².